The summed E-state index contributed by atoms with van der Waals surface area (Å²) in [5.74, 6) is 0.526. The fourth-order valence-corrected chi connectivity index (χ4v) is 2.73. The van der Waals surface area contributed by atoms with E-state index in [-0.39, 0.29) is 11.9 Å². The Labute approximate surface area is 105 Å². The lowest BCUT2D eigenvalue weighted by atomic mass is 9.87. The highest BCUT2D eigenvalue weighted by Crippen LogP contribution is 2.33. The molecule has 1 aliphatic rings. The predicted octanol–water partition coefficient (Wildman–Crippen LogP) is 1.56. The van der Waals surface area contributed by atoms with E-state index in [9.17, 15) is 14.7 Å². The lowest BCUT2D eigenvalue weighted by molar-refractivity contribution is 0.257. The van der Waals surface area contributed by atoms with E-state index in [4.69, 9.17) is 0 Å². The number of hydrogen-bond acceptors (Lipinski definition) is 3. The second-order valence-corrected chi connectivity index (χ2v) is 5.20. The molecule has 1 aromatic heterocycles. The Morgan fingerprint density at radius 2 is 1.89 bits per heavy atom. The van der Waals surface area contributed by atoms with Crippen LogP contribution in [-0.4, -0.2) is 14.7 Å². The molecular weight excluding hydrogens is 232 g/mol. The molecule has 1 fully saturated rings. The summed E-state index contributed by atoms with van der Waals surface area (Å²) < 4.78 is 1.37. The standard InChI is InChI=1S/C13H20N2O3/c1-3-10-11(16)14-13(18)15(12(10)17)9-6-4-8(2)5-7-9/h8-9,17H,3-7H2,1-2H3,(H,14,16,18). The molecule has 0 atom stereocenters. The van der Waals surface area contributed by atoms with Crippen molar-refractivity contribution in [2.45, 2.75) is 52.0 Å². The molecule has 100 valence electrons. The fraction of sp³-hybridized carbons (Fsp3) is 0.692. The number of nitrogens with one attached hydrogen (secondary N) is 1. The second-order valence-electron chi connectivity index (χ2n) is 5.20. The average molecular weight is 252 g/mol. The second kappa shape index (κ2) is 5.00. The van der Waals surface area contributed by atoms with Crippen LogP contribution in [0.25, 0.3) is 0 Å². The van der Waals surface area contributed by atoms with Gasteiger partial charge >= 0.3 is 5.69 Å². The third-order valence-electron chi connectivity index (χ3n) is 3.92. The normalized spacial score (nSPS) is 24.1. The van der Waals surface area contributed by atoms with Crippen LogP contribution in [-0.2, 0) is 6.42 Å². The molecule has 1 aliphatic carbocycles. The SMILES string of the molecule is CCc1c(O)n(C2CCC(C)CC2)c(=O)[nH]c1=O. The average Bonchev–Trinajstić information content (AvgIpc) is 2.31. The van der Waals surface area contributed by atoms with Crippen LogP contribution in [0.5, 0.6) is 5.88 Å². The molecule has 0 amide bonds. The Morgan fingerprint density at radius 3 is 2.44 bits per heavy atom. The van der Waals surface area contributed by atoms with Gasteiger partial charge < -0.3 is 5.11 Å². The number of aromatic amines is 1. The van der Waals surface area contributed by atoms with E-state index in [0.717, 1.165) is 25.7 Å². The maximum Gasteiger partial charge on any atom is 0.331 e. The number of aromatic nitrogens is 2. The number of hydrogen-bond donors (Lipinski definition) is 2. The first-order valence-electron chi connectivity index (χ1n) is 6.61. The van der Waals surface area contributed by atoms with Gasteiger partial charge in [0.1, 0.15) is 0 Å². The first kappa shape index (κ1) is 12.9. The van der Waals surface area contributed by atoms with Crippen LogP contribution < -0.4 is 11.2 Å². The molecule has 0 bridgehead atoms. The van der Waals surface area contributed by atoms with Crippen LogP contribution >= 0.6 is 0 Å². The summed E-state index contributed by atoms with van der Waals surface area (Å²) in [4.78, 5) is 25.7. The van der Waals surface area contributed by atoms with Gasteiger partial charge in [0.15, 0.2) is 0 Å². The summed E-state index contributed by atoms with van der Waals surface area (Å²) in [6.45, 7) is 3.99. The van der Waals surface area contributed by atoms with E-state index in [1.807, 2.05) is 0 Å². The zero-order valence-corrected chi connectivity index (χ0v) is 10.9. The summed E-state index contributed by atoms with van der Waals surface area (Å²) in [6.07, 6.45) is 4.28. The van der Waals surface area contributed by atoms with Crippen molar-refractivity contribution in [1.82, 2.24) is 9.55 Å². The Hall–Kier alpha value is -1.52. The highest BCUT2D eigenvalue weighted by atomic mass is 16.3. The monoisotopic (exact) mass is 252 g/mol. The van der Waals surface area contributed by atoms with Gasteiger partial charge in [-0.05, 0) is 38.0 Å². The molecule has 0 radical (unpaired) electrons. The molecule has 0 aliphatic heterocycles. The molecule has 1 heterocycles. The summed E-state index contributed by atoms with van der Waals surface area (Å²) in [5.41, 5.74) is -0.664. The van der Waals surface area contributed by atoms with Gasteiger partial charge in [0, 0.05) is 6.04 Å². The molecule has 0 spiro atoms. The summed E-state index contributed by atoms with van der Waals surface area (Å²) in [7, 11) is 0. The largest absolute Gasteiger partial charge is 0.494 e. The number of H-pyrrole nitrogens is 1. The smallest absolute Gasteiger partial charge is 0.331 e. The molecule has 2 N–H and O–H groups in total. The highest BCUT2D eigenvalue weighted by Gasteiger charge is 2.24. The molecule has 0 aromatic carbocycles. The maximum absolute atomic E-state index is 11.9. The van der Waals surface area contributed by atoms with E-state index < -0.39 is 11.2 Å². The van der Waals surface area contributed by atoms with Gasteiger partial charge in [-0.15, -0.1) is 0 Å². The Bertz CT molecular complexity index is 536. The Kier molecular flexibility index (Phi) is 3.59. The van der Waals surface area contributed by atoms with Gasteiger partial charge in [-0.25, -0.2) is 4.79 Å². The zero-order valence-electron chi connectivity index (χ0n) is 10.9. The molecule has 1 saturated carbocycles. The molecule has 1 aromatic rings. The topological polar surface area (TPSA) is 75.1 Å². The van der Waals surface area contributed by atoms with Crippen LogP contribution in [0.15, 0.2) is 9.59 Å². The highest BCUT2D eigenvalue weighted by molar-refractivity contribution is 5.23. The van der Waals surface area contributed by atoms with Crippen LogP contribution in [0, 0.1) is 5.92 Å². The Balaban J connectivity index is 2.45. The molecule has 18 heavy (non-hydrogen) atoms. The van der Waals surface area contributed by atoms with Crippen molar-refractivity contribution in [3.8, 4) is 5.88 Å². The first-order valence-corrected chi connectivity index (χ1v) is 6.61. The minimum atomic E-state index is -0.491. The van der Waals surface area contributed by atoms with Gasteiger partial charge in [-0.1, -0.05) is 13.8 Å². The first-order chi connectivity index (χ1) is 8.54. The van der Waals surface area contributed by atoms with Gasteiger partial charge in [0.25, 0.3) is 5.56 Å². The minimum Gasteiger partial charge on any atom is -0.494 e. The molecule has 0 saturated heterocycles. The van der Waals surface area contributed by atoms with Crippen LogP contribution in [0.2, 0.25) is 0 Å². The zero-order chi connectivity index (χ0) is 13.3. The number of rotatable bonds is 2. The van der Waals surface area contributed by atoms with Crippen molar-refractivity contribution in [1.29, 1.82) is 0 Å². The number of aromatic hydroxyl groups is 1. The van der Waals surface area contributed by atoms with Gasteiger partial charge in [0.05, 0.1) is 5.56 Å². The third-order valence-corrected chi connectivity index (χ3v) is 3.92. The van der Waals surface area contributed by atoms with Crippen molar-refractivity contribution >= 4 is 0 Å². The molecule has 2 rings (SSSR count). The third kappa shape index (κ3) is 2.21. The van der Waals surface area contributed by atoms with Crippen molar-refractivity contribution in [2.24, 2.45) is 5.92 Å². The molecular formula is C13H20N2O3. The van der Waals surface area contributed by atoms with E-state index >= 15 is 0 Å². The summed E-state index contributed by atoms with van der Waals surface area (Å²) in [6, 6.07) is 0.0100. The molecule has 0 unspecified atom stereocenters. The van der Waals surface area contributed by atoms with Crippen LogP contribution in [0.4, 0.5) is 0 Å². The predicted molar refractivity (Wildman–Crippen MR) is 69.0 cm³/mol. The van der Waals surface area contributed by atoms with Crippen molar-refractivity contribution in [3.05, 3.63) is 26.4 Å². The van der Waals surface area contributed by atoms with Crippen molar-refractivity contribution in [2.75, 3.05) is 0 Å². The molecule has 5 nitrogen and oxygen atoms in total. The van der Waals surface area contributed by atoms with Crippen LogP contribution in [0.1, 0.15) is 51.1 Å². The summed E-state index contributed by atoms with van der Waals surface area (Å²) in [5, 5.41) is 10.1. The fourth-order valence-electron chi connectivity index (χ4n) is 2.73. The quantitative estimate of drug-likeness (QED) is 0.838. The van der Waals surface area contributed by atoms with E-state index in [1.54, 1.807) is 6.92 Å². The maximum atomic E-state index is 11.9. The lowest BCUT2D eigenvalue weighted by Gasteiger charge is -2.28. The lowest BCUT2D eigenvalue weighted by Crippen LogP contribution is -2.35. The van der Waals surface area contributed by atoms with Gasteiger partial charge in [-0.3, -0.25) is 14.3 Å². The van der Waals surface area contributed by atoms with Gasteiger partial charge in [-0.2, -0.15) is 0 Å². The van der Waals surface area contributed by atoms with E-state index in [2.05, 4.69) is 11.9 Å². The number of nitrogens with zero attached hydrogens (tertiary/aromatic N) is 1. The van der Waals surface area contributed by atoms with Gasteiger partial charge in [0.2, 0.25) is 5.88 Å². The van der Waals surface area contributed by atoms with Crippen molar-refractivity contribution < 1.29 is 5.11 Å². The van der Waals surface area contributed by atoms with Crippen LogP contribution in [0.3, 0.4) is 0 Å². The Morgan fingerprint density at radius 1 is 1.28 bits per heavy atom. The van der Waals surface area contributed by atoms with E-state index in [1.165, 1.54) is 4.57 Å². The molecule has 5 heteroatoms. The van der Waals surface area contributed by atoms with E-state index in [0.29, 0.717) is 17.9 Å². The summed E-state index contributed by atoms with van der Waals surface area (Å²) >= 11 is 0. The van der Waals surface area contributed by atoms with Crippen molar-refractivity contribution in [3.63, 3.8) is 0 Å². The minimum absolute atomic E-state index is 0.0100.